The van der Waals surface area contributed by atoms with E-state index in [1.807, 2.05) is 12.1 Å². The monoisotopic (exact) mass is 547 g/mol. The van der Waals surface area contributed by atoms with Gasteiger partial charge < -0.3 is 30.1 Å². The fourth-order valence-electron chi connectivity index (χ4n) is 7.42. The quantitative estimate of drug-likeness (QED) is 0.540. The van der Waals surface area contributed by atoms with Crippen molar-refractivity contribution in [3.8, 4) is 5.75 Å². The fourth-order valence-corrected chi connectivity index (χ4v) is 7.42. The van der Waals surface area contributed by atoms with Gasteiger partial charge in [-0.15, -0.1) is 0 Å². The third-order valence-electron chi connectivity index (χ3n) is 9.39. The van der Waals surface area contributed by atoms with Crippen LogP contribution in [0.1, 0.15) is 62.2 Å². The Labute approximate surface area is 236 Å². The van der Waals surface area contributed by atoms with Gasteiger partial charge in [0, 0.05) is 37.8 Å². The van der Waals surface area contributed by atoms with Crippen molar-refractivity contribution in [2.24, 2.45) is 11.8 Å². The molecule has 1 saturated heterocycles. The average Bonchev–Trinajstić information content (AvgIpc) is 3.68. The first kappa shape index (κ1) is 26.8. The Morgan fingerprint density at radius 2 is 1.85 bits per heavy atom. The van der Waals surface area contributed by atoms with E-state index in [1.54, 1.807) is 31.3 Å². The lowest BCUT2D eigenvalue weighted by Crippen LogP contribution is -2.55. The van der Waals surface area contributed by atoms with Gasteiger partial charge in [0.15, 0.2) is 5.82 Å². The van der Waals surface area contributed by atoms with E-state index in [2.05, 4.69) is 39.4 Å². The molecule has 2 amide bonds. The van der Waals surface area contributed by atoms with E-state index >= 15 is 0 Å². The zero-order chi connectivity index (χ0) is 28.0. The molecule has 1 aromatic heterocycles. The summed E-state index contributed by atoms with van der Waals surface area (Å²) in [6.45, 7) is 4.31. The Bertz CT molecular complexity index is 1270. The van der Waals surface area contributed by atoms with Crippen LogP contribution in [0.15, 0.2) is 24.4 Å². The summed E-state index contributed by atoms with van der Waals surface area (Å²) in [5, 5.41) is 6.55. The summed E-state index contributed by atoms with van der Waals surface area (Å²) in [5.74, 6) is 3.16. The van der Waals surface area contributed by atoms with Gasteiger partial charge >= 0.3 is 0 Å². The molecule has 6 rings (SSSR count). The minimum absolute atomic E-state index is 0.0706. The Balaban J connectivity index is 1.20. The molecule has 0 spiro atoms. The van der Waals surface area contributed by atoms with Crippen molar-refractivity contribution in [3.63, 3.8) is 0 Å². The van der Waals surface area contributed by atoms with Gasteiger partial charge in [-0.05, 0) is 69.2 Å². The fraction of sp³-hybridized carbons (Fsp3) is 0.600. The molecule has 3 heterocycles. The van der Waals surface area contributed by atoms with Crippen LogP contribution in [-0.4, -0.2) is 79.1 Å². The standard InChI is InChI=1S/C30H41N7O3/c1-5-24-29(39)36(3)25-15-31-30(34-27(25)37(24)22-8-6-7-9-22)33-23-11-10-18(14-26(23)40-4)28(38)32-21-12-19-16-35(2)17-20(19)13-21/h10-11,14-15,19-22,24H,5-9,12-13,16-17H2,1-4H3,(H,32,38)(H,31,33,34)/t19-,20+,21?,24-/m1/s1. The minimum atomic E-state index is -0.226. The Kier molecular flexibility index (Phi) is 7.29. The molecule has 214 valence electrons. The number of hydrogen-bond acceptors (Lipinski definition) is 8. The number of methoxy groups -OCH3 is 1. The van der Waals surface area contributed by atoms with Crippen LogP contribution < -0.4 is 25.2 Å². The maximum Gasteiger partial charge on any atom is 0.251 e. The topological polar surface area (TPSA) is 103 Å². The maximum absolute atomic E-state index is 13.2. The third kappa shape index (κ3) is 4.87. The molecule has 0 bridgehead atoms. The minimum Gasteiger partial charge on any atom is -0.495 e. The van der Waals surface area contributed by atoms with Crippen molar-refractivity contribution in [2.75, 3.05) is 49.4 Å². The predicted molar refractivity (Wildman–Crippen MR) is 155 cm³/mol. The molecular formula is C30H41N7O3. The third-order valence-corrected chi connectivity index (χ3v) is 9.39. The lowest BCUT2D eigenvalue weighted by Gasteiger charge is -2.43. The molecule has 2 saturated carbocycles. The average molecular weight is 548 g/mol. The highest BCUT2D eigenvalue weighted by atomic mass is 16.5. The zero-order valence-corrected chi connectivity index (χ0v) is 24.0. The SMILES string of the molecule is CC[C@@H]1C(=O)N(C)c2cnc(Nc3ccc(C(=O)NC4C[C@@H]5CN(C)C[C@@H]5C4)cc3OC)nc2N1C1CCCC1. The van der Waals surface area contributed by atoms with Crippen molar-refractivity contribution >= 4 is 35.0 Å². The van der Waals surface area contributed by atoms with Crippen molar-refractivity contribution in [2.45, 2.75) is 70.0 Å². The summed E-state index contributed by atoms with van der Waals surface area (Å²) in [5.41, 5.74) is 1.98. The van der Waals surface area contributed by atoms with E-state index in [9.17, 15) is 9.59 Å². The normalized spacial score (nSPS) is 26.6. The molecule has 40 heavy (non-hydrogen) atoms. The molecule has 4 atom stereocenters. The molecule has 10 nitrogen and oxygen atoms in total. The Morgan fingerprint density at radius 1 is 1.12 bits per heavy atom. The molecule has 3 fully saturated rings. The Morgan fingerprint density at radius 3 is 2.52 bits per heavy atom. The maximum atomic E-state index is 13.2. The van der Waals surface area contributed by atoms with Crippen molar-refractivity contribution in [1.82, 2.24) is 20.2 Å². The van der Waals surface area contributed by atoms with Crippen LogP contribution in [0.25, 0.3) is 0 Å². The summed E-state index contributed by atoms with van der Waals surface area (Å²) in [6, 6.07) is 5.72. The summed E-state index contributed by atoms with van der Waals surface area (Å²) >= 11 is 0. The number of aromatic nitrogens is 2. The number of amides is 2. The highest BCUT2D eigenvalue weighted by Crippen LogP contribution is 2.41. The van der Waals surface area contributed by atoms with Gasteiger partial charge in [-0.3, -0.25) is 9.59 Å². The number of carbonyl (C=O) groups is 2. The van der Waals surface area contributed by atoms with Gasteiger partial charge in [0.05, 0.1) is 19.0 Å². The molecule has 2 aromatic rings. The highest BCUT2D eigenvalue weighted by molar-refractivity contribution is 6.04. The highest BCUT2D eigenvalue weighted by Gasteiger charge is 2.42. The predicted octanol–water partition coefficient (Wildman–Crippen LogP) is 3.80. The molecule has 1 aromatic carbocycles. The van der Waals surface area contributed by atoms with Crippen molar-refractivity contribution in [3.05, 3.63) is 30.0 Å². The molecule has 2 aliphatic heterocycles. The van der Waals surface area contributed by atoms with Gasteiger partial charge in [0.2, 0.25) is 11.9 Å². The van der Waals surface area contributed by atoms with Gasteiger partial charge in [-0.1, -0.05) is 19.8 Å². The first-order chi connectivity index (χ1) is 19.4. The van der Waals surface area contributed by atoms with Crippen molar-refractivity contribution < 1.29 is 14.3 Å². The van der Waals surface area contributed by atoms with E-state index in [1.165, 1.54) is 12.8 Å². The number of likely N-dealkylation sites (tertiary alicyclic amines) is 1. The van der Waals surface area contributed by atoms with Gasteiger partial charge in [-0.2, -0.15) is 4.98 Å². The number of carbonyl (C=O) groups excluding carboxylic acids is 2. The van der Waals surface area contributed by atoms with Crippen LogP contribution >= 0.6 is 0 Å². The lowest BCUT2D eigenvalue weighted by molar-refractivity contribution is -0.120. The van der Waals surface area contributed by atoms with E-state index in [-0.39, 0.29) is 23.9 Å². The van der Waals surface area contributed by atoms with Crippen LogP contribution in [0.4, 0.5) is 23.1 Å². The summed E-state index contributed by atoms with van der Waals surface area (Å²) in [4.78, 5) is 42.0. The van der Waals surface area contributed by atoms with Crippen LogP contribution in [0.2, 0.25) is 0 Å². The second kappa shape index (κ2) is 10.9. The molecule has 10 heteroatoms. The summed E-state index contributed by atoms with van der Waals surface area (Å²) in [7, 11) is 5.57. The second-order valence-corrected chi connectivity index (χ2v) is 12.0. The number of likely N-dealkylation sites (N-methyl/N-ethyl adjacent to an activating group) is 1. The van der Waals surface area contributed by atoms with Crippen LogP contribution in [0.5, 0.6) is 5.75 Å². The van der Waals surface area contributed by atoms with Gasteiger partial charge in [-0.25, -0.2) is 4.98 Å². The molecule has 2 aliphatic carbocycles. The van der Waals surface area contributed by atoms with E-state index in [0.29, 0.717) is 40.8 Å². The number of fused-ring (bicyclic) bond motifs is 2. The molecule has 2 N–H and O–H groups in total. The number of ether oxygens (including phenoxy) is 1. The van der Waals surface area contributed by atoms with Crippen LogP contribution in [0, 0.1) is 11.8 Å². The Hall–Kier alpha value is -3.40. The number of nitrogens with zero attached hydrogens (tertiary/aromatic N) is 5. The summed E-state index contributed by atoms with van der Waals surface area (Å²) in [6.07, 6.45) is 9.01. The number of rotatable bonds is 7. The number of benzene rings is 1. The van der Waals surface area contributed by atoms with E-state index < -0.39 is 0 Å². The number of hydrogen-bond donors (Lipinski definition) is 2. The number of nitrogens with one attached hydrogen (secondary N) is 2. The lowest BCUT2D eigenvalue weighted by atomic mass is 10.0. The zero-order valence-electron chi connectivity index (χ0n) is 24.0. The van der Waals surface area contributed by atoms with Crippen molar-refractivity contribution in [1.29, 1.82) is 0 Å². The van der Waals surface area contributed by atoms with Crippen LogP contribution in [-0.2, 0) is 4.79 Å². The summed E-state index contributed by atoms with van der Waals surface area (Å²) < 4.78 is 5.66. The molecule has 4 aliphatic rings. The van der Waals surface area contributed by atoms with E-state index in [4.69, 9.17) is 9.72 Å². The van der Waals surface area contributed by atoms with Crippen LogP contribution in [0.3, 0.4) is 0 Å². The molecular weight excluding hydrogens is 506 g/mol. The first-order valence-corrected chi connectivity index (χ1v) is 14.7. The smallest absolute Gasteiger partial charge is 0.251 e. The molecule has 1 unspecified atom stereocenters. The van der Waals surface area contributed by atoms with Gasteiger partial charge in [0.25, 0.3) is 5.91 Å². The first-order valence-electron chi connectivity index (χ1n) is 14.7. The molecule has 0 radical (unpaired) electrons. The van der Waals surface area contributed by atoms with Gasteiger partial charge in [0.1, 0.15) is 17.5 Å². The second-order valence-electron chi connectivity index (χ2n) is 12.0. The number of anilines is 4. The largest absolute Gasteiger partial charge is 0.495 e. The van der Waals surface area contributed by atoms with E-state index in [0.717, 1.165) is 56.7 Å².